The Labute approximate surface area is 287 Å². The summed E-state index contributed by atoms with van der Waals surface area (Å²) < 4.78 is 5.94. The molecule has 6 nitrogen and oxygen atoms in total. The monoisotopic (exact) mass is 653 g/mol. The van der Waals surface area contributed by atoms with Crippen molar-refractivity contribution >= 4 is 54.2 Å². The molecule has 0 amide bonds. The third kappa shape index (κ3) is 4.98. The van der Waals surface area contributed by atoms with Gasteiger partial charge in [0, 0.05) is 45.4 Å². The standard InChI is InChI=1S/C42H31N5OS/c1-46-35-22-21-28(25-36(35)47(2)42(46)48)27-13-8-15-30(23-27)40-43-39(26-11-4-3-5-12-26)44-41(45-40)31-16-9-14-29(24-31)32-18-10-19-34-33-17-6-7-20-37(33)49-38(32)34/h3-25,39H,1-2H3,(H,43,44,45). The molecule has 2 aromatic heterocycles. The van der Waals surface area contributed by atoms with E-state index >= 15 is 0 Å². The summed E-state index contributed by atoms with van der Waals surface area (Å²) in [6.07, 6.45) is -0.308. The first kappa shape index (κ1) is 29.1. The van der Waals surface area contributed by atoms with Crippen LogP contribution in [-0.4, -0.2) is 20.8 Å². The van der Waals surface area contributed by atoms with Crippen molar-refractivity contribution in [1.29, 1.82) is 0 Å². The van der Waals surface area contributed by atoms with Crippen LogP contribution in [0.1, 0.15) is 22.9 Å². The summed E-state index contributed by atoms with van der Waals surface area (Å²) in [4.78, 5) is 22.9. The van der Waals surface area contributed by atoms with Crippen molar-refractivity contribution in [2.24, 2.45) is 24.1 Å². The van der Waals surface area contributed by atoms with Crippen LogP contribution in [0.4, 0.5) is 0 Å². The Bertz CT molecular complexity index is 2700. The molecule has 1 unspecified atom stereocenters. The van der Waals surface area contributed by atoms with Gasteiger partial charge in [0.05, 0.1) is 11.0 Å². The highest BCUT2D eigenvalue weighted by Gasteiger charge is 2.22. The molecule has 0 fully saturated rings. The highest BCUT2D eigenvalue weighted by Crippen LogP contribution is 2.40. The molecule has 6 aromatic carbocycles. The fraction of sp³-hybridized carbons (Fsp3) is 0.0714. The van der Waals surface area contributed by atoms with Crippen LogP contribution in [0.3, 0.4) is 0 Å². The van der Waals surface area contributed by atoms with Crippen LogP contribution in [0.15, 0.2) is 154 Å². The second kappa shape index (κ2) is 11.6. The number of rotatable bonds is 5. The third-order valence-electron chi connectivity index (χ3n) is 9.44. The van der Waals surface area contributed by atoms with E-state index in [1.54, 1.807) is 16.2 Å². The zero-order valence-electron chi connectivity index (χ0n) is 27.0. The number of aryl methyl sites for hydroxylation is 2. The van der Waals surface area contributed by atoms with E-state index in [-0.39, 0.29) is 11.9 Å². The molecule has 7 heteroatoms. The Morgan fingerprint density at radius 1 is 0.612 bits per heavy atom. The van der Waals surface area contributed by atoms with Gasteiger partial charge in [-0.25, -0.2) is 14.8 Å². The molecule has 1 aliphatic rings. The molecule has 49 heavy (non-hydrogen) atoms. The molecule has 1 N–H and O–H groups in total. The number of fused-ring (bicyclic) bond motifs is 4. The van der Waals surface area contributed by atoms with E-state index in [1.807, 2.05) is 42.6 Å². The lowest BCUT2D eigenvalue weighted by Crippen LogP contribution is -2.33. The smallest absolute Gasteiger partial charge is 0.328 e. The number of imidazole rings is 1. The lowest BCUT2D eigenvalue weighted by atomic mass is 10.00. The largest absolute Gasteiger partial charge is 0.344 e. The van der Waals surface area contributed by atoms with Gasteiger partial charge in [0.25, 0.3) is 0 Å². The van der Waals surface area contributed by atoms with Gasteiger partial charge in [-0.3, -0.25) is 9.13 Å². The van der Waals surface area contributed by atoms with Crippen LogP contribution >= 0.6 is 11.3 Å². The van der Waals surface area contributed by atoms with E-state index in [2.05, 4.69) is 121 Å². The van der Waals surface area contributed by atoms with Crippen LogP contribution in [0.5, 0.6) is 0 Å². The molecule has 0 saturated carbocycles. The number of hydrogen-bond acceptors (Lipinski definition) is 5. The first-order valence-electron chi connectivity index (χ1n) is 16.3. The molecule has 0 aliphatic carbocycles. The molecule has 1 atom stereocenters. The number of nitrogens with zero attached hydrogens (tertiary/aromatic N) is 4. The van der Waals surface area contributed by atoms with Gasteiger partial charge in [-0.15, -0.1) is 11.3 Å². The van der Waals surface area contributed by atoms with Gasteiger partial charge < -0.3 is 5.32 Å². The minimum Gasteiger partial charge on any atom is -0.344 e. The van der Waals surface area contributed by atoms with E-state index in [4.69, 9.17) is 9.98 Å². The van der Waals surface area contributed by atoms with Gasteiger partial charge in [-0.05, 0) is 58.1 Å². The zero-order valence-corrected chi connectivity index (χ0v) is 27.8. The zero-order chi connectivity index (χ0) is 33.1. The number of aromatic nitrogens is 2. The van der Waals surface area contributed by atoms with E-state index in [9.17, 15) is 4.79 Å². The molecule has 1 aliphatic heterocycles. The van der Waals surface area contributed by atoms with E-state index in [1.165, 1.54) is 25.7 Å². The molecule has 0 saturated heterocycles. The van der Waals surface area contributed by atoms with E-state index < -0.39 is 0 Å². The maximum Gasteiger partial charge on any atom is 0.328 e. The number of aliphatic imine (C=N–C) groups is 2. The number of amidine groups is 2. The Morgan fingerprint density at radius 2 is 1.29 bits per heavy atom. The SMILES string of the molecule is Cn1c(=O)n(C)c2cc(-c3cccc(C4=NC(c5cccc(-c6cccc7c6sc6ccccc67)c5)=NC(c5ccccc5)N4)c3)ccc21. The van der Waals surface area contributed by atoms with E-state index in [0.717, 1.165) is 50.2 Å². The van der Waals surface area contributed by atoms with Crippen LogP contribution in [0.25, 0.3) is 53.5 Å². The predicted molar refractivity (Wildman–Crippen MR) is 204 cm³/mol. The molecule has 3 heterocycles. The number of nitrogens with one attached hydrogen (secondary N) is 1. The Kier molecular flexibility index (Phi) is 6.88. The summed E-state index contributed by atoms with van der Waals surface area (Å²) in [5.74, 6) is 1.44. The average molecular weight is 654 g/mol. The summed E-state index contributed by atoms with van der Waals surface area (Å²) in [6, 6.07) is 48.6. The van der Waals surface area contributed by atoms with Crippen LogP contribution < -0.4 is 11.0 Å². The Balaban J connectivity index is 1.14. The minimum absolute atomic E-state index is 0.0370. The van der Waals surface area contributed by atoms with Gasteiger partial charge >= 0.3 is 5.69 Å². The Morgan fingerprint density at radius 3 is 2.16 bits per heavy atom. The summed E-state index contributed by atoms with van der Waals surface area (Å²) >= 11 is 1.84. The average Bonchev–Trinajstić information content (AvgIpc) is 3.65. The molecule has 0 spiro atoms. The summed E-state index contributed by atoms with van der Waals surface area (Å²) in [7, 11) is 3.62. The van der Waals surface area contributed by atoms with Gasteiger partial charge in [0.2, 0.25) is 0 Å². The van der Waals surface area contributed by atoms with Crippen LogP contribution in [-0.2, 0) is 14.1 Å². The van der Waals surface area contributed by atoms with Crippen molar-refractivity contribution in [3.05, 3.63) is 167 Å². The lowest BCUT2D eigenvalue weighted by Gasteiger charge is -2.24. The molecule has 9 rings (SSSR count). The highest BCUT2D eigenvalue weighted by molar-refractivity contribution is 7.26. The van der Waals surface area contributed by atoms with Crippen LogP contribution in [0.2, 0.25) is 0 Å². The number of hydrogen-bond donors (Lipinski definition) is 1. The van der Waals surface area contributed by atoms with Crippen molar-refractivity contribution in [2.45, 2.75) is 6.17 Å². The number of thiophene rings is 1. The van der Waals surface area contributed by atoms with Crippen molar-refractivity contribution in [3.8, 4) is 22.3 Å². The second-order valence-electron chi connectivity index (χ2n) is 12.4. The second-order valence-corrected chi connectivity index (χ2v) is 13.5. The first-order chi connectivity index (χ1) is 24.0. The summed E-state index contributed by atoms with van der Waals surface area (Å²) in [5, 5.41) is 6.18. The number of benzene rings is 6. The van der Waals surface area contributed by atoms with Crippen LogP contribution in [0, 0.1) is 0 Å². The minimum atomic E-state index is -0.308. The van der Waals surface area contributed by atoms with Gasteiger partial charge in [0.1, 0.15) is 12.0 Å². The third-order valence-corrected chi connectivity index (χ3v) is 10.7. The lowest BCUT2D eigenvalue weighted by molar-refractivity contribution is 0.674. The van der Waals surface area contributed by atoms with Crippen molar-refractivity contribution in [2.75, 3.05) is 0 Å². The van der Waals surface area contributed by atoms with Gasteiger partial charge in [-0.2, -0.15) is 0 Å². The van der Waals surface area contributed by atoms with Crippen molar-refractivity contribution in [3.63, 3.8) is 0 Å². The van der Waals surface area contributed by atoms with Crippen molar-refractivity contribution in [1.82, 2.24) is 14.5 Å². The molecular formula is C42H31N5OS. The quantitative estimate of drug-likeness (QED) is 0.201. The predicted octanol–water partition coefficient (Wildman–Crippen LogP) is 9.07. The molecule has 8 aromatic rings. The molecule has 0 bridgehead atoms. The van der Waals surface area contributed by atoms with E-state index in [0.29, 0.717) is 5.84 Å². The highest BCUT2D eigenvalue weighted by atomic mass is 32.1. The Hall–Kier alpha value is -6.05. The molecular weight excluding hydrogens is 623 g/mol. The summed E-state index contributed by atoms with van der Waals surface area (Å²) in [6.45, 7) is 0. The summed E-state index contributed by atoms with van der Waals surface area (Å²) in [5.41, 5.74) is 9.16. The molecule has 0 radical (unpaired) electrons. The fourth-order valence-electron chi connectivity index (χ4n) is 6.86. The van der Waals surface area contributed by atoms with Gasteiger partial charge in [0.15, 0.2) is 5.84 Å². The van der Waals surface area contributed by atoms with Gasteiger partial charge in [-0.1, -0.05) is 109 Å². The maximum atomic E-state index is 12.6. The maximum absolute atomic E-state index is 12.6. The topological polar surface area (TPSA) is 63.7 Å². The van der Waals surface area contributed by atoms with Crippen molar-refractivity contribution < 1.29 is 0 Å². The fourth-order valence-corrected chi connectivity index (χ4v) is 8.10. The molecule has 236 valence electrons. The normalized spacial score (nSPS) is 14.6. The first-order valence-corrected chi connectivity index (χ1v) is 17.1.